The van der Waals surface area contributed by atoms with Crippen LogP contribution in [0.5, 0.6) is 11.5 Å². The average molecular weight is 490 g/mol. The first kappa shape index (κ1) is 23.8. The molecule has 1 heterocycles. The summed E-state index contributed by atoms with van der Waals surface area (Å²) < 4.78 is 11.0. The molecule has 2 N–H and O–H groups in total. The maximum atomic E-state index is 5.65. The molecule has 1 fully saturated rings. The fraction of sp³-hybridized carbons (Fsp3) is 0.650. The Morgan fingerprint density at radius 1 is 1.26 bits per heavy atom. The zero-order chi connectivity index (χ0) is 18.9. The van der Waals surface area contributed by atoms with E-state index in [9.17, 15) is 0 Å². The molecule has 7 heteroatoms. The summed E-state index contributed by atoms with van der Waals surface area (Å²) in [6.45, 7) is 10.1. The van der Waals surface area contributed by atoms with Gasteiger partial charge in [0.2, 0.25) is 0 Å². The second-order valence-electron chi connectivity index (χ2n) is 6.89. The molecule has 0 aliphatic carbocycles. The second-order valence-corrected chi connectivity index (χ2v) is 6.89. The molecule has 0 amide bonds. The Labute approximate surface area is 181 Å². The Kier molecular flexibility index (Phi) is 10.8. The van der Waals surface area contributed by atoms with Crippen molar-refractivity contribution < 1.29 is 9.47 Å². The second kappa shape index (κ2) is 12.3. The van der Waals surface area contributed by atoms with Crippen molar-refractivity contribution >= 4 is 29.9 Å². The number of guanidine groups is 1. The molecule has 0 aromatic heterocycles. The molecule has 0 radical (unpaired) electrons. The van der Waals surface area contributed by atoms with Crippen molar-refractivity contribution in [2.45, 2.75) is 52.2 Å². The molecule has 1 saturated heterocycles. The van der Waals surface area contributed by atoms with Crippen LogP contribution in [0.2, 0.25) is 0 Å². The molecule has 1 aliphatic heterocycles. The highest BCUT2D eigenvalue weighted by atomic mass is 127. The average Bonchev–Trinajstić information content (AvgIpc) is 2.66. The van der Waals surface area contributed by atoms with Crippen molar-refractivity contribution in [3.05, 3.63) is 23.8 Å². The van der Waals surface area contributed by atoms with Gasteiger partial charge in [-0.3, -0.25) is 4.99 Å². The van der Waals surface area contributed by atoms with Gasteiger partial charge < -0.3 is 25.0 Å². The van der Waals surface area contributed by atoms with Gasteiger partial charge in [-0.2, -0.15) is 0 Å². The van der Waals surface area contributed by atoms with Crippen LogP contribution in [0.4, 0.5) is 0 Å². The van der Waals surface area contributed by atoms with E-state index in [0.717, 1.165) is 49.0 Å². The largest absolute Gasteiger partial charge is 0.493 e. The lowest BCUT2D eigenvalue weighted by molar-refractivity contribution is 0.167. The van der Waals surface area contributed by atoms with Gasteiger partial charge in [0, 0.05) is 38.8 Å². The minimum atomic E-state index is 0. The number of rotatable bonds is 7. The maximum absolute atomic E-state index is 5.65. The number of methoxy groups -OCH3 is 1. The third-order valence-electron chi connectivity index (χ3n) is 4.81. The van der Waals surface area contributed by atoms with Gasteiger partial charge in [0.05, 0.1) is 13.7 Å². The lowest BCUT2D eigenvalue weighted by Crippen LogP contribution is -2.49. The molecular weight excluding hydrogens is 455 g/mol. The van der Waals surface area contributed by atoms with Crippen LogP contribution < -0.4 is 20.1 Å². The van der Waals surface area contributed by atoms with Crippen LogP contribution in [-0.2, 0) is 6.54 Å². The highest BCUT2D eigenvalue weighted by Crippen LogP contribution is 2.27. The number of nitrogens with one attached hydrogen (secondary N) is 2. The third-order valence-corrected chi connectivity index (χ3v) is 4.81. The van der Waals surface area contributed by atoms with E-state index in [2.05, 4.69) is 34.4 Å². The summed E-state index contributed by atoms with van der Waals surface area (Å²) in [6.07, 6.45) is 2.30. The number of ether oxygens (including phenoxy) is 2. The first-order chi connectivity index (χ1) is 12.6. The molecule has 154 valence electrons. The molecule has 0 bridgehead atoms. The van der Waals surface area contributed by atoms with Gasteiger partial charge in [-0.15, -0.1) is 24.0 Å². The van der Waals surface area contributed by atoms with Gasteiger partial charge in [-0.25, -0.2) is 0 Å². The zero-order valence-corrected chi connectivity index (χ0v) is 19.6. The molecule has 1 aromatic carbocycles. The highest BCUT2D eigenvalue weighted by molar-refractivity contribution is 14.0. The van der Waals surface area contributed by atoms with Gasteiger partial charge in [-0.05, 0) is 51.3 Å². The number of benzene rings is 1. The van der Waals surface area contributed by atoms with Gasteiger partial charge in [-0.1, -0.05) is 6.07 Å². The van der Waals surface area contributed by atoms with E-state index in [1.165, 1.54) is 0 Å². The first-order valence-corrected chi connectivity index (χ1v) is 9.58. The number of nitrogens with zero attached hydrogens (tertiary/aromatic N) is 2. The zero-order valence-electron chi connectivity index (χ0n) is 17.2. The quantitative estimate of drug-likeness (QED) is 0.349. The number of piperidine rings is 1. The molecule has 0 atom stereocenters. The number of halogens is 1. The normalized spacial score (nSPS) is 16.0. The Balaban J connectivity index is 0.00000364. The molecular formula is C20H35IN4O2. The Morgan fingerprint density at radius 3 is 2.52 bits per heavy atom. The molecule has 27 heavy (non-hydrogen) atoms. The SMILES string of the molecule is CCOc1cc(CNC(=NC)NC2CCN(C(C)C)CC2)ccc1OC.I. The maximum Gasteiger partial charge on any atom is 0.191 e. The summed E-state index contributed by atoms with van der Waals surface area (Å²) in [5, 5.41) is 6.96. The van der Waals surface area contributed by atoms with E-state index in [4.69, 9.17) is 9.47 Å². The van der Waals surface area contributed by atoms with Gasteiger partial charge in [0.1, 0.15) is 0 Å². The standard InChI is InChI=1S/C20H34N4O2.HI/c1-6-26-19-13-16(7-8-18(19)25-5)14-22-20(21-4)23-17-9-11-24(12-10-17)15(2)3;/h7-8,13,15,17H,6,9-12,14H2,1-5H3,(H2,21,22,23);1H. The molecule has 6 nitrogen and oxygen atoms in total. The van der Waals surface area contributed by atoms with E-state index >= 15 is 0 Å². The van der Waals surface area contributed by atoms with Crippen LogP contribution in [0.15, 0.2) is 23.2 Å². The van der Waals surface area contributed by atoms with Crippen molar-refractivity contribution in [2.75, 3.05) is 33.9 Å². The number of hydrogen-bond acceptors (Lipinski definition) is 4. The highest BCUT2D eigenvalue weighted by Gasteiger charge is 2.21. The van der Waals surface area contributed by atoms with Crippen LogP contribution in [0.1, 0.15) is 39.2 Å². The van der Waals surface area contributed by atoms with Gasteiger partial charge in [0.15, 0.2) is 17.5 Å². The Bertz CT molecular complexity index is 587. The fourth-order valence-corrected chi connectivity index (χ4v) is 3.23. The van der Waals surface area contributed by atoms with Crippen LogP contribution in [0.3, 0.4) is 0 Å². The summed E-state index contributed by atoms with van der Waals surface area (Å²) in [6, 6.07) is 7.11. The molecule has 0 unspecified atom stereocenters. The molecule has 1 aliphatic rings. The lowest BCUT2D eigenvalue weighted by Gasteiger charge is -2.35. The molecule has 0 spiro atoms. The lowest BCUT2D eigenvalue weighted by atomic mass is 10.0. The molecule has 1 aromatic rings. The topological polar surface area (TPSA) is 58.1 Å². The minimum absolute atomic E-state index is 0. The summed E-state index contributed by atoms with van der Waals surface area (Å²) >= 11 is 0. The summed E-state index contributed by atoms with van der Waals surface area (Å²) in [7, 11) is 3.48. The summed E-state index contributed by atoms with van der Waals surface area (Å²) in [5.41, 5.74) is 1.13. The van der Waals surface area contributed by atoms with Crippen LogP contribution >= 0.6 is 24.0 Å². The van der Waals surface area contributed by atoms with E-state index in [0.29, 0.717) is 25.2 Å². The van der Waals surface area contributed by atoms with Crippen molar-refractivity contribution in [1.82, 2.24) is 15.5 Å². The van der Waals surface area contributed by atoms with Gasteiger partial charge in [0.25, 0.3) is 0 Å². The number of aliphatic imine (C=N–C) groups is 1. The summed E-state index contributed by atoms with van der Waals surface area (Å²) in [5.74, 6) is 2.38. The third kappa shape index (κ3) is 7.37. The molecule has 0 saturated carbocycles. The van der Waals surface area contributed by atoms with Crippen molar-refractivity contribution in [1.29, 1.82) is 0 Å². The Hall–Kier alpha value is -1.22. The molecule has 2 rings (SSSR count). The first-order valence-electron chi connectivity index (χ1n) is 9.58. The van der Waals surface area contributed by atoms with Crippen LogP contribution in [0, 0.1) is 0 Å². The van der Waals surface area contributed by atoms with E-state index in [-0.39, 0.29) is 24.0 Å². The van der Waals surface area contributed by atoms with Crippen LogP contribution in [-0.4, -0.2) is 56.8 Å². The minimum Gasteiger partial charge on any atom is -0.493 e. The van der Waals surface area contributed by atoms with E-state index < -0.39 is 0 Å². The predicted molar refractivity (Wildman–Crippen MR) is 123 cm³/mol. The fourth-order valence-electron chi connectivity index (χ4n) is 3.23. The monoisotopic (exact) mass is 490 g/mol. The smallest absolute Gasteiger partial charge is 0.191 e. The van der Waals surface area contributed by atoms with Gasteiger partial charge >= 0.3 is 0 Å². The van der Waals surface area contributed by atoms with Crippen molar-refractivity contribution in [2.24, 2.45) is 4.99 Å². The van der Waals surface area contributed by atoms with Crippen molar-refractivity contribution in [3.63, 3.8) is 0 Å². The van der Waals surface area contributed by atoms with E-state index in [1.807, 2.05) is 32.2 Å². The number of hydrogen-bond donors (Lipinski definition) is 2. The van der Waals surface area contributed by atoms with Crippen molar-refractivity contribution in [3.8, 4) is 11.5 Å². The van der Waals surface area contributed by atoms with E-state index in [1.54, 1.807) is 7.11 Å². The van der Waals surface area contributed by atoms with Crippen LogP contribution in [0.25, 0.3) is 0 Å². The number of likely N-dealkylation sites (tertiary alicyclic amines) is 1. The predicted octanol–water partition coefficient (Wildman–Crippen LogP) is 3.25. The Morgan fingerprint density at radius 2 is 1.96 bits per heavy atom. The summed E-state index contributed by atoms with van der Waals surface area (Å²) in [4.78, 5) is 6.90.